The van der Waals surface area contributed by atoms with Crippen molar-refractivity contribution in [2.24, 2.45) is 5.92 Å². The maximum Gasteiger partial charge on any atom is 0.0798 e. The van der Waals surface area contributed by atoms with Crippen LogP contribution < -0.4 is 5.19 Å². The molecule has 5 aromatic carbocycles. The molecule has 253 valence electrons. The van der Waals surface area contributed by atoms with Gasteiger partial charge in [0, 0.05) is 37.4 Å². The zero-order chi connectivity index (χ0) is 34.1. The molecule has 3 nitrogen and oxygen atoms in total. The van der Waals surface area contributed by atoms with Crippen molar-refractivity contribution in [3.63, 3.8) is 0 Å². The minimum absolute atomic E-state index is 0. The summed E-state index contributed by atoms with van der Waals surface area (Å²) < 4.78 is 3.53. The predicted octanol–water partition coefficient (Wildman–Crippen LogP) is 11.5. The monoisotopic (exact) mass is 864 g/mol. The van der Waals surface area contributed by atoms with Gasteiger partial charge < -0.3 is 9.55 Å². The van der Waals surface area contributed by atoms with Gasteiger partial charge in [0.25, 0.3) is 0 Å². The van der Waals surface area contributed by atoms with Crippen LogP contribution in [0.4, 0.5) is 0 Å². The molecule has 0 aliphatic carbocycles. The number of fused-ring (bicyclic) bond motifs is 3. The van der Waals surface area contributed by atoms with Crippen LogP contribution in [0.1, 0.15) is 25.0 Å². The van der Waals surface area contributed by atoms with Crippen molar-refractivity contribution >= 4 is 56.5 Å². The average molecular weight is 864 g/mol. The molecule has 0 bridgehead atoms. The van der Waals surface area contributed by atoms with Gasteiger partial charge in [0.2, 0.25) is 0 Å². The molecular formula is C44H41IrN3SSi-2. The molecule has 0 aliphatic heterocycles. The largest absolute Gasteiger partial charge is 0.333 e. The van der Waals surface area contributed by atoms with E-state index < -0.39 is 8.07 Å². The predicted molar refractivity (Wildman–Crippen MR) is 213 cm³/mol. The molecule has 0 N–H and O–H groups in total. The first-order valence-electron chi connectivity index (χ1n) is 17.0. The van der Waals surface area contributed by atoms with E-state index in [1.807, 2.05) is 24.3 Å². The van der Waals surface area contributed by atoms with Crippen LogP contribution in [0.25, 0.3) is 60.2 Å². The van der Waals surface area contributed by atoms with E-state index in [0.717, 1.165) is 45.8 Å². The van der Waals surface area contributed by atoms with E-state index >= 15 is 0 Å². The van der Waals surface area contributed by atoms with Crippen molar-refractivity contribution in [3.05, 3.63) is 144 Å². The summed E-state index contributed by atoms with van der Waals surface area (Å²) in [7, 11) is -1.34. The molecule has 3 heterocycles. The summed E-state index contributed by atoms with van der Waals surface area (Å²) in [5.74, 6) is 1.61. The van der Waals surface area contributed by atoms with Gasteiger partial charge in [-0.05, 0) is 53.7 Å². The number of para-hydroxylation sites is 2. The molecule has 0 spiro atoms. The van der Waals surface area contributed by atoms with E-state index in [0.29, 0.717) is 5.92 Å². The summed E-state index contributed by atoms with van der Waals surface area (Å²) in [6.07, 6.45) is 3.24. The van der Waals surface area contributed by atoms with E-state index in [9.17, 15) is 0 Å². The third-order valence-corrected chi connectivity index (χ3v) is 11.8. The van der Waals surface area contributed by atoms with Gasteiger partial charge in [0.05, 0.1) is 24.9 Å². The molecule has 50 heavy (non-hydrogen) atoms. The molecule has 0 unspecified atom stereocenters. The maximum absolute atomic E-state index is 5.05. The van der Waals surface area contributed by atoms with E-state index in [1.54, 1.807) is 11.3 Å². The zero-order valence-electron chi connectivity index (χ0n) is 29.4. The van der Waals surface area contributed by atoms with Crippen LogP contribution in [0.3, 0.4) is 0 Å². The van der Waals surface area contributed by atoms with Gasteiger partial charge in [-0.25, -0.2) is 0 Å². The summed E-state index contributed by atoms with van der Waals surface area (Å²) in [4.78, 5) is 9.74. The second-order valence-electron chi connectivity index (χ2n) is 14.2. The normalized spacial score (nSPS) is 11.5. The number of hydrogen-bond acceptors (Lipinski definition) is 3. The van der Waals surface area contributed by atoms with Gasteiger partial charge in [-0.3, -0.25) is 16.3 Å². The summed E-state index contributed by atoms with van der Waals surface area (Å²) in [5, 5.41) is 8.68. The Morgan fingerprint density at radius 1 is 0.820 bits per heavy atom. The molecule has 0 fully saturated rings. The van der Waals surface area contributed by atoms with Gasteiger partial charge in [-0.15, -0.1) is 47.3 Å². The standard InChI is InChI=1S/C26H17N2S.C18H24NSi.Ir/c1-17-13-14-20-21(16-29-25(20)15-17)26-27-22-10-4-5-11-24(22)28(26)23-12-6-8-18-7-2-3-9-19(18)23;1-14(2)11-16-12-17(15-9-7-6-8-10-15)19-13-18(16)20(3,4)5;/h2-15H,1H3;6-9,12-14H,11H2,1-5H3;/q2*-1;. The van der Waals surface area contributed by atoms with Crippen molar-refractivity contribution in [2.45, 2.75) is 46.8 Å². The molecule has 8 rings (SSSR count). The van der Waals surface area contributed by atoms with Gasteiger partial charge in [-0.1, -0.05) is 127 Å². The van der Waals surface area contributed by atoms with Crippen LogP contribution >= 0.6 is 11.3 Å². The molecular weight excluding hydrogens is 823 g/mol. The van der Waals surface area contributed by atoms with Crippen molar-refractivity contribution < 1.29 is 20.1 Å². The second-order valence-corrected chi connectivity index (χ2v) is 20.1. The van der Waals surface area contributed by atoms with Crippen LogP contribution in [-0.2, 0) is 26.5 Å². The Balaban J connectivity index is 0.000000182. The minimum Gasteiger partial charge on any atom is -0.333 e. The Bertz CT molecular complexity index is 2400. The Morgan fingerprint density at radius 2 is 1.58 bits per heavy atom. The number of imidazole rings is 1. The fourth-order valence-electron chi connectivity index (χ4n) is 6.57. The molecule has 0 saturated carbocycles. The number of pyridine rings is 1. The first-order valence-corrected chi connectivity index (χ1v) is 21.3. The van der Waals surface area contributed by atoms with Crippen LogP contribution in [0.15, 0.2) is 121 Å². The van der Waals surface area contributed by atoms with Crippen molar-refractivity contribution in [1.82, 2.24) is 14.5 Å². The molecule has 0 atom stereocenters. The molecule has 1 radical (unpaired) electrons. The third kappa shape index (κ3) is 7.31. The molecule has 0 aliphatic rings. The number of hydrogen-bond donors (Lipinski definition) is 0. The molecule has 8 aromatic rings. The smallest absolute Gasteiger partial charge is 0.0798 e. The number of rotatable bonds is 6. The van der Waals surface area contributed by atoms with Crippen LogP contribution in [-0.4, -0.2) is 22.6 Å². The fourth-order valence-corrected chi connectivity index (χ4v) is 9.10. The van der Waals surface area contributed by atoms with Crippen LogP contribution in [0.5, 0.6) is 0 Å². The Labute approximate surface area is 314 Å². The zero-order valence-corrected chi connectivity index (χ0v) is 33.6. The Morgan fingerprint density at radius 3 is 2.36 bits per heavy atom. The molecule has 0 saturated heterocycles. The summed E-state index contributed by atoms with van der Waals surface area (Å²) in [6.45, 7) is 13.9. The van der Waals surface area contributed by atoms with Crippen molar-refractivity contribution in [1.29, 1.82) is 0 Å². The number of aryl methyl sites for hydroxylation is 1. The number of nitrogens with zero attached hydrogens (tertiary/aromatic N) is 3. The fraction of sp³-hybridized carbons (Fsp3) is 0.182. The Kier molecular flexibility index (Phi) is 10.7. The van der Waals surface area contributed by atoms with Gasteiger partial charge in [0.15, 0.2) is 0 Å². The first-order chi connectivity index (χ1) is 23.7. The van der Waals surface area contributed by atoms with Crippen LogP contribution in [0, 0.1) is 24.3 Å². The van der Waals surface area contributed by atoms with Gasteiger partial charge >= 0.3 is 0 Å². The minimum atomic E-state index is -1.34. The molecule has 6 heteroatoms. The third-order valence-electron chi connectivity index (χ3n) is 8.87. The summed E-state index contributed by atoms with van der Waals surface area (Å²) >= 11 is 1.66. The number of thiophene rings is 1. The van der Waals surface area contributed by atoms with Crippen molar-refractivity contribution in [2.75, 3.05) is 0 Å². The quantitative estimate of drug-likeness (QED) is 0.123. The van der Waals surface area contributed by atoms with E-state index in [-0.39, 0.29) is 20.1 Å². The summed E-state index contributed by atoms with van der Waals surface area (Å²) in [5.41, 5.74) is 9.18. The van der Waals surface area contributed by atoms with Gasteiger partial charge in [0.1, 0.15) is 0 Å². The number of aromatic nitrogens is 3. The van der Waals surface area contributed by atoms with E-state index in [4.69, 9.17) is 4.98 Å². The topological polar surface area (TPSA) is 30.7 Å². The van der Waals surface area contributed by atoms with Gasteiger partial charge in [-0.2, -0.15) is 0 Å². The average Bonchev–Trinajstić information content (AvgIpc) is 3.69. The number of benzene rings is 5. The summed E-state index contributed by atoms with van der Waals surface area (Å²) in [6, 6.07) is 43.5. The SMILES string of the molecule is CC(C)Cc1cc(-c2[c-]cccc2)ncc1[Si](C)(C)C.Cc1ccc2c(-c3nc4ccccc4n3-c3cccc4ccccc34)[c-]sc2c1.[Ir]. The molecule has 0 amide bonds. The van der Waals surface area contributed by atoms with E-state index in [1.165, 1.54) is 37.2 Å². The maximum atomic E-state index is 5.05. The van der Waals surface area contributed by atoms with E-state index in [2.05, 4.69) is 159 Å². The Hall–Kier alpha value is -4.19. The first kappa shape index (κ1) is 35.6. The van der Waals surface area contributed by atoms with Crippen molar-refractivity contribution in [3.8, 4) is 28.3 Å². The second kappa shape index (κ2) is 15.0. The molecule has 3 aromatic heterocycles. The van der Waals surface area contributed by atoms with Crippen LogP contribution in [0.2, 0.25) is 19.6 Å².